The maximum absolute atomic E-state index is 12.1. The van der Waals surface area contributed by atoms with E-state index in [0.717, 1.165) is 0 Å². The van der Waals surface area contributed by atoms with Gasteiger partial charge in [0.25, 0.3) is 5.56 Å². The zero-order chi connectivity index (χ0) is 17.3. The summed E-state index contributed by atoms with van der Waals surface area (Å²) in [6.45, 7) is 0. The lowest BCUT2D eigenvalue weighted by Crippen LogP contribution is -2.19. The number of aromatic nitrogens is 4. The molecule has 0 unspecified atom stereocenters. The predicted molar refractivity (Wildman–Crippen MR) is 88.7 cm³/mol. The van der Waals surface area contributed by atoms with Crippen LogP contribution in [0.4, 0.5) is 11.6 Å². The Morgan fingerprint density at radius 1 is 1.04 bits per heavy atom. The fraction of sp³-hybridized carbons (Fsp3) is 0.267. The van der Waals surface area contributed by atoms with Crippen LogP contribution in [0.3, 0.4) is 0 Å². The van der Waals surface area contributed by atoms with E-state index >= 15 is 0 Å². The lowest BCUT2D eigenvalue weighted by atomic mass is 10.2. The molecule has 9 heteroatoms. The van der Waals surface area contributed by atoms with Crippen LogP contribution in [0.15, 0.2) is 23.3 Å². The quantitative estimate of drug-likeness (QED) is 0.728. The first-order chi connectivity index (χ1) is 11.6. The molecule has 0 spiro atoms. The Morgan fingerprint density at radius 3 is 2.38 bits per heavy atom. The summed E-state index contributed by atoms with van der Waals surface area (Å²) >= 11 is 0. The largest absolute Gasteiger partial charge is 0.494 e. The maximum Gasteiger partial charge on any atom is 0.278 e. The number of aromatic amines is 2. The molecule has 2 heterocycles. The number of H-pyrrole nitrogens is 2. The summed E-state index contributed by atoms with van der Waals surface area (Å²) in [6, 6.07) is 3.45. The Hall–Kier alpha value is -3.23. The highest BCUT2D eigenvalue weighted by Crippen LogP contribution is 2.40. The number of nitrogens with one attached hydrogen (secondary N) is 2. The van der Waals surface area contributed by atoms with Crippen molar-refractivity contribution in [1.29, 1.82) is 0 Å². The van der Waals surface area contributed by atoms with Crippen molar-refractivity contribution >= 4 is 22.8 Å². The van der Waals surface area contributed by atoms with Gasteiger partial charge in [-0.15, -0.1) is 0 Å². The van der Waals surface area contributed by atoms with Gasteiger partial charge in [0.15, 0.2) is 22.7 Å². The average molecular weight is 331 g/mol. The average Bonchev–Trinajstić information content (AvgIpc) is 3.09. The van der Waals surface area contributed by atoms with Gasteiger partial charge in [0.1, 0.15) is 5.75 Å². The highest BCUT2D eigenvalue weighted by molar-refractivity contribution is 5.74. The number of rotatable bonds is 5. The minimum absolute atomic E-state index is 0.307. The van der Waals surface area contributed by atoms with Gasteiger partial charge in [-0.3, -0.25) is 9.78 Å². The highest BCUT2D eigenvalue weighted by Gasteiger charge is 2.18. The molecule has 9 nitrogen and oxygen atoms in total. The first-order valence-corrected chi connectivity index (χ1v) is 7.06. The lowest BCUT2D eigenvalue weighted by molar-refractivity contribution is 0.349. The molecule has 0 aliphatic carbocycles. The summed E-state index contributed by atoms with van der Waals surface area (Å²) in [5.74, 6) is 1.93. The van der Waals surface area contributed by atoms with Crippen molar-refractivity contribution in [3.63, 3.8) is 0 Å². The molecule has 0 bridgehead atoms. The molecule has 24 heavy (non-hydrogen) atoms. The SMILES string of the molecule is COc1cc(OC)c(N(C)c2nc3nc[nH]c3c(=O)[nH]2)cc1OC. The molecule has 126 valence electrons. The van der Waals surface area contributed by atoms with E-state index in [0.29, 0.717) is 40.0 Å². The minimum Gasteiger partial charge on any atom is -0.494 e. The number of hydrogen-bond donors (Lipinski definition) is 2. The van der Waals surface area contributed by atoms with Gasteiger partial charge in [0.05, 0.1) is 33.3 Å². The van der Waals surface area contributed by atoms with Crippen LogP contribution in [0.1, 0.15) is 0 Å². The van der Waals surface area contributed by atoms with Gasteiger partial charge in [0, 0.05) is 19.2 Å². The predicted octanol–water partition coefficient (Wildman–Crippen LogP) is 1.44. The Kier molecular flexibility index (Phi) is 3.98. The van der Waals surface area contributed by atoms with Gasteiger partial charge in [-0.25, -0.2) is 4.98 Å². The second-order valence-corrected chi connectivity index (χ2v) is 4.93. The molecule has 0 aliphatic rings. The van der Waals surface area contributed by atoms with Crippen LogP contribution in [-0.4, -0.2) is 48.3 Å². The van der Waals surface area contributed by atoms with E-state index in [4.69, 9.17) is 14.2 Å². The Balaban J connectivity index is 2.13. The third-order valence-electron chi connectivity index (χ3n) is 3.65. The normalized spacial score (nSPS) is 10.7. The summed E-state index contributed by atoms with van der Waals surface area (Å²) in [7, 11) is 6.39. The number of nitrogens with zero attached hydrogens (tertiary/aromatic N) is 3. The molecule has 0 atom stereocenters. The summed E-state index contributed by atoms with van der Waals surface area (Å²) in [5, 5.41) is 0. The smallest absolute Gasteiger partial charge is 0.278 e. The van der Waals surface area contributed by atoms with E-state index in [2.05, 4.69) is 19.9 Å². The third kappa shape index (κ3) is 2.49. The van der Waals surface area contributed by atoms with Crippen molar-refractivity contribution in [1.82, 2.24) is 19.9 Å². The van der Waals surface area contributed by atoms with Crippen molar-refractivity contribution in [2.45, 2.75) is 0 Å². The molecule has 0 fully saturated rings. The molecule has 0 radical (unpaired) electrons. The number of benzene rings is 1. The van der Waals surface area contributed by atoms with Gasteiger partial charge < -0.3 is 24.1 Å². The van der Waals surface area contributed by atoms with Crippen LogP contribution in [0.25, 0.3) is 11.2 Å². The number of methoxy groups -OCH3 is 3. The molecule has 1 aromatic carbocycles. The molecule has 0 saturated heterocycles. The molecule has 0 aliphatic heterocycles. The summed E-state index contributed by atoms with van der Waals surface area (Å²) < 4.78 is 16.0. The van der Waals surface area contributed by atoms with E-state index in [-0.39, 0.29) is 5.56 Å². The van der Waals surface area contributed by atoms with Crippen molar-refractivity contribution in [3.8, 4) is 17.2 Å². The second-order valence-electron chi connectivity index (χ2n) is 4.93. The van der Waals surface area contributed by atoms with Crippen molar-refractivity contribution in [2.24, 2.45) is 0 Å². The maximum atomic E-state index is 12.1. The van der Waals surface area contributed by atoms with Gasteiger partial charge >= 0.3 is 0 Å². The molecule has 0 saturated carbocycles. The minimum atomic E-state index is -0.307. The van der Waals surface area contributed by atoms with E-state index < -0.39 is 0 Å². The van der Waals surface area contributed by atoms with Crippen LogP contribution in [0.2, 0.25) is 0 Å². The van der Waals surface area contributed by atoms with Crippen molar-refractivity contribution in [3.05, 3.63) is 28.8 Å². The van der Waals surface area contributed by atoms with Crippen LogP contribution in [-0.2, 0) is 0 Å². The number of imidazole rings is 1. The number of hydrogen-bond acceptors (Lipinski definition) is 7. The van der Waals surface area contributed by atoms with Gasteiger partial charge in [-0.1, -0.05) is 0 Å². The van der Waals surface area contributed by atoms with E-state index in [1.54, 1.807) is 45.4 Å². The van der Waals surface area contributed by atoms with Crippen molar-refractivity contribution in [2.75, 3.05) is 33.3 Å². The van der Waals surface area contributed by atoms with Gasteiger partial charge in [-0.05, 0) is 0 Å². The molecular weight excluding hydrogens is 314 g/mol. The topological polar surface area (TPSA) is 105 Å². The number of fused-ring (bicyclic) bond motifs is 1. The first kappa shape index (κ1) is 15.7. The fourth-order valence-corrected chi connectivity index (χ4v) is 2.38. The molecular formula is C15H17N5O4. The van der Waals surface area contributed by atoms with Crippen LogP contribution >= 0.6 is 0 Å². The Labute approximate surface area is 137 Å². The van der Waals surface area contributed by atoms with Gasteiger partial charge in [-0.2, -0.15) is 4.98 Å². The van der Waals surface area contributed by atoms with E-state index in [1.807, 2.05) is 0 Å². The zero-order valence-corrected chi connectivity index (χ0v) is 13.7. The van der Waals surface area contributed by atoms with E-state index in [1.165, 1.54) is 6.33 Å². The Bertz CT molecular complexity index is 933. The standard InChI is InChI=1S/C15H17N5O4/c1-20(15-18-13-12(14(21)19-15)16-7-17-13)8-5-10(23-3)11(24-4)6-9(8)22-2/h5-7H,1-4H3,(H2,16,17,18,19,21). The van der Waals surface area contributed by atoms with Crippen LogP contribution < -0.4 is 24.7 Å². The molecule has 3 rings (SSSR count). The first-order valence-electron chi connectivity index (χ1n) is 7.06. The third-order valence-corrected chi connectivity index (χ3v) is 3.65. The molecule has 0 amide bonds. The molecule has 2 N–H and O–H groups in total. The summed E-state index contributed by atoms with van der Waals surface area (Å²) in [4.78, 5) is 27.6. The number of ether oxygens (including phenoxy) is 3. The monoisotopic (exact) mass is 331 g/mol. The summed E-state index contributed by atoms with van der Waals surface area (Å²) in [6.07, 6.45) is 1.42. The summed E-state index contributed by atoms with van der Waals surface area (Å²) in [5.41, 5.74) is 0.999. The molecule has 3 aromatic rings. The molecule has 2 aromatic heterocycles. The Morgan fingerprint density at radius 2 is 1.71 bits per heavy atom. The van der Waals surface area contributed by atoms with Crippen molar-refractivity contribution < 1.29 is 14.2 Å². The van der Waals surface area contributed by atoms with E-state index in [9.17, 15) is 4.79 Å². The van der Waals surface area contributed by atoms with Crippen LogP contribution in [0.5, 0.6) is 17.2 Å². The highest BCUT2D eigenvalue weighted by atomic mass is 16.5. The zero-order valence-electron chi connectivity index (χ0n) is 13.7. The lowest BCUT2D eigenvalue weighted by Gasteiger charge is -2.22. The second kappa shape index (κ2) is 6.11. The fourth-order valence-electron chi connectivity index (χ4n) is 2.38. The number of anilines is 2. The van der Waals surface area contributed by atoms with Crippen LogP contribution in [0, 0.1) is 0 Å². The van der Waals surface area contributed by atoms with Gasteiger partial charge in [0.2, 0.25) is 5.95 Å².